The number of nitrogens with one attached hydrogen (secondary N) is 2. The van der Waals surface area contributed by atoms with Crippen LogP contribution in [0.1, 0.15) is 25.3 Å². The molecule has 2 rings (SSSR count). The van der Waals surface area contributed by atoms with E-state index in [9.17, 15) is 22.4 Å². The van der Waals surface area contributed by atoms with Crippen LogP contribution in [-0.4, -0.2) is 37.6 Å². The van der Waals surface area contributed by atoms with Gasteiger partial charge in [-0.15, -0.1) is 0 Å². The molecule has 0 bridgehead atoms. The number of carbonyl (C=O) groups excluding carboxylic acids is 1. The number of rotatable bonds is 8. The topological polar surface area (TPSA) is 59.6 Å². The normalized spacial score (nSPS) is 19.0. The molecule has 1 fully saturated rings. The van der Waals surface area contributed by atoms with E-state index in [1.165, 1.54) is 12.1 Å². The molecule has 1 atom stereocenters. The summed E-state index contributed by atoms with van der Waals surface area (Å²) < 4.78 is 61.2. The largest absolute Gasteiger partial charge is 0.493 e. The van der Waals surface area contributed by atoms with E-state index in [1.807, 2.05) is 6.92 Å². The van der Waals surface area contributed by atoms with Gasteiger partial charge in [0.2, 0.25) is 5.91 Å². The van der Waals surface area contributed by atoms with E-state index < -0.39 is 37.4 Å². The molecule has 25 heavy (non-hydrogen) atoms. The molecule has 0 aromatic heterocycles. The smallest absolute Gasteiger partial charge is 0.387 e. The van der Waals surface area contributed by atoms with E-state index in [0.29, 0.717) is 17.9 Å². The summed E-state index contributed by atoms with van der Waals surface area (Å²) in [5, 5.41) is 4.88. The third-order valence-electron chi connectivity index (χ3n) is 3.61. The average molecular weight is 364 g/mol. The van der Waals surface area contributed by atoms with Crippen molar-refractivity contribution in [2.24, 2.45) is 0 Å². The molecule has 0 saturated carbocycles. The monoisotopic (exact) mass is 364 g/mol. The lowest BCUT2D eigenvalue weighted by Gasteiger charge is -2.15. The molecule has 1 aliphatic heterocycles. The first-order valence-corrected chi connectivity index (χ1v) is 7.90. The van der Waals surface area contributed by atoms with Crippen LogP contribution in [0.25, 0.3) is 0 Å². The van der Waals surface area contributed by atoms with Gasteiger partial charge in [-0.2, -0.15) is 8.78 Å². The van der Waals surface area contributed by atoms with E-state index >= 15 is 0 Å². The Labute approximate surface area is 142 Å². The number of benzene rings is 1. The van der Waals surface area contributed by atoms with Gasteiger partial charge >= 0.3 is 6.61 Å². The van der Waals surface area contributed by atoms with Crippen molar-refractivity contribution < 1.29 is 31.8 Å². The second-order valence-corrected chi connectivity index (χ2v) is 5.71. The molecule has 1 heterocycles. The van der Waals surface area contributed by atoms with E-state index in [2.05, 4.69) is 15.4 Å². The number of hydrogen-bond donors (Lipinski definition) is 2. The van der Waals surface area contributed by atoms with Crippen LogP contribution in [0.4, 0.5) is 17.6 Å². The maximum Gasteiger partial charge on any atom is 0.387 e. The van der Waals surface area contributed by atoms with Crippen molar-refractivity contribution in [3.05, 3.63) is 23.8 Å². The van der Waals surface area contributed by atoms with Crippen LogP contribution in [0.2, 0.25) is 0 Å². The van der Waals surface area contributed by atoms with Crippen molar-refractivity contribution in [3.63, 3.8) is 0 Å². The second kappa shape index (κ2) is 8.37. The van der Waals surface area contributed by atoms with E-state index in [0.717, 1.165) is 6.42 Å². The third-order valence-corrected chi connectivity index (χ3v) is 3.61. The van der Waals surface area contributed by atoms with Gasteiger partial charge < -0.3 is 14.8 Å². The molecular formula is C16H20F4N2O3. The quantitative estimate of drug-likeness (QED) is 0.697. The molecule has 0 radical (unpaired) electrons. The van der Waals surface area contributed by atoms with Crippen molar-refractivity contribution in [2.45, 2.75) is 44.9 Å². The Hall–Kier alpha value is -2.03. The molecule has 1 saturated heterocycles. The zero-order chi connectivity index (χ0) is 18.4. The van der Waals surface area contributed by atoms with E-state index in [4.69, 9.17) is 4.74 Å². The highest BCUT2D eigenvalue weighted by Gasteiger charge is 2.42. The maximum absolute atomic E-state index is 13.1. The lowest BCUT2D eigenvalue weighted by molar-refractivity contribution is -0.123. The molecule has 1 aliphatic rings. The number of amides is 1. The fourth-order valence-electron chi connectivity index (χ4n) is 2.40. The Morgan fingerprint density at radius 1 is 1.44 bits per heavy atom. The molecule has 5 nitrogen and oxygen atoms in total. The van der Waals surface area contributed by atoms with Crippen molar-refractivity contribution in [1.29, 1.82) is 0 Å². The van der Waals surface area contributed by atoms with Crippen LogP contribution >= 0.6 is 0 Å². The molecule has 1 aromatic carbocycles. The maximum atomic E-state index is 13.1. The highest BCUT2D eigenvalue weighted by Crippen LogP contribution is 2.28. The molecular weight excluding hydrogens is 344 g/mol. The van der Waals surface area contributed by atoms with Gasteiger partial charge in [-0.1, -0.05) is 6.92 Å². The fourth-order valence-corrected chi connectivity index (χ4v) is 2.40. The van der Waals surface area contributed by atoms with Gasteiger partial charge in [-0.3, -0.25) is 10.1 Å². The number of carbonyl (C=O) groups is 1. The Morgan fingerprint density at radius 3 is 2.80 bits per heavy atom. The highest BCUT2D eigenvalue weighted by atomic mass is 19.3. The predicted molar refractivity (Wildman–Crippen MR) is 82.1 cm³/mol. The van der Waals surface area contributed by atoms with Gasteiger partial charge in [0, 0.05) is 24.6 Å². The van der Waals surface area contributed by atoms with Crippen LogP contribution in [0.15, 0.2) is 18.2 Å². The van der Waals surface area contributed by atoms with Crippen LogP contribution in [-0.2, 0) is 11.3 Å². The molecule has 0 aliphatic carbocycles. The van der Waals surface area contributed by atoms with Crippen LogP contribution in [0.5, 0.6) is 11.5 Å². The summed E-state index contributed by atoms with van der Waals surface area (Å²) in [4.78, 5) is 11.9. The van der Waals surface area contributed by atoms with Gasteiger partial charge in [-0.25, -0.2) is 8.78 Å². The zero-order valence-corrected chi connectivity index (χ0v) is 13.7. The van der Waals surface area contributed by atoms with Gasteiger partial charge in [0.15, 0.2) is 0 Å². The molecule has 1 unspecified atom stereocenters. The van der Waals surface area contributed by atoms with Crippen LogP contribution < -0.4 is 20.1 Å². The van der Waals surface area contributed by atoms with Gasteiger partial charge in [0.1, 0.15) is 11.5 Å². The summed E-state index contributed by atoms with van der Waals surface area (Å²) in [5.41, 5.74) is 0.294. The molecule has 1 amide bonds. The van der Waals surface area contributed by atoms with Gasteiger partial charge in [-0.05, 0) is 18.6 Å². The fraction of sp³-hybridized carbons (Fsp3) is 0.562. The summed E-state index contributed by atoms with van der Waals surface area (Å²) in [6, 6.07) is 3.35. The second-order valence-electron chi connectivity index (χ2n) is 5.71. The molecule has 140 valence electrons. The van der Waals surface area contributed by atoms with Crippen molar-refractivity contribution in [1.82, 2.24) is 10.6 Å². The van der Waals surface area contributed by atoms with E-state index in [1.54, 1.807) is 6.07 Å². The zero-order valence-electron chi connectivity index (χ0n) is 13.7. The minimum Gasteiger partial charge on any atom is -0.493 e. The summed E-state index contributed by atoms with van der Waals surface area (Å²) in [5.74, 6) is -3.31. The molecule has 1 aromatic rings. The standard InChI is InChI=1S/C16H20F4N2O3/c1-2-5-24-11-4-3-10(13(6-11)25-15(17)18)8-21-14(23)12-7-16(19,20)9-22-12/h3-4,6,12,15,22H,2,5,7-9H2,1H3,(H,21,23). The minimum atomic E-state index is -3.04. The Morgan fingerprint density at radius 2 is 2.20 bits per heavy atom. The van der Waals surface area contributed by atoms with Crippen molar-refractivity contribution in [2.75, 3.05) is 13.2 Å². The third kappa shape index (κ3) is 5.77. The first-order valence-electron chi connectivity index (χ1n) is 7.90. The number of alkyl halides is 4. The summed E-state index contributed by atoms with van der Waals surface area (Å²) in [7, 11) is 0. The Balaban J connectivity index is 2.01. The van der Waals surface area contributed by atoms with Crippen LogP contribution in [0.3, 0.4) is 0 Å². The molecule has 0 spiro atoms. The lowest BCUT2D eigenvalue weighted by Crippen LogP contribution is -2.40. The number of hydrogen-bond acceptors (Lipinski definition) is 4. The number of halogens is 4. The van der Waals surface area contributed by atoms with E-state index in [-0.39, 0.29) is 12.3 Å². The summed E-state index contributed by atoms with van der Waals surface area (Å²) >= 11 is 0. The first kappa shape index (κ1) is 19.3. The SMILES string of the molecule is CCCOc1ccc(CNC(=O)C2CC(F)(F)CN2)c(OC(F)F)c1. The Kier molecular flexibility index (Phi) is 6.46. The average Bonchev–Trinajstić information content (AvgIpc) is 2.91. The van der Waals surface area contributed by atoms with Crippen LogP contribution in [0, 0.1) is 0 Å². The molecule has 9 heteroatoms. The Bertz CT molecular complexity index is 599. The number of ether oxygens (including phenoxy) is 2. The van der Waals surface area contributed by atoms with Gasteiger partial charge in [0.05, 0.1) is 19.2 Å². The van der Waals surface area contributed by atoms with Crippen molar-refractivity contribution >= 4 is 5.91 Å². The lowest BCUT2D eigenvalue weighted by atomic mass is 10.1. The first-order chi connectivity index (χ1) is 11.8. The predicted octanol–water partition coefficient (Wildman–Crippen LogP) is 2.69. The van der Waals surface area contributed by atoms with Crippen molar-refractivity contribution in [3.8, 4) is 11.5 Å². The van der Waals surface area contributed by atoms with Gasteiger partial charge in [0.25, 0.3) is 5.92 Å². The summed E-state index contributed by atoms with van der Waals surface area (Å²) in [6.07, 6.45) is 0.158. The molecule has 2 N–H and O–H groups in total. The minimum absolute atomic E-state index is 0.126. The highest BCUT2D eigenvalue weighted by molar-refractivity contribution is 5.82. The summed E-state index contributed by atoms with van der Waals surface area (Å²) in [6.45, 7) is -1.40.